The van der Waals surface area contributed by atoms with E-state index in [4.69, 9.17) is 18.0 Å². The molecule has 1 saturated heterocycles. The van der Waals surface area contributed by atoms with E-state index in [1.807, 2.05) is 24.3 Å². The van der Waals surface area contributed by atoms with Crippen LogP contribution in [0.5, 0.6) is 0 Å². The van der Waals surface area contributed by atoms with Gasteiger partial charge in [0.15, 0.2) is 0 Å². The molecule has 5 nitrogen and oxygen atoms in total. The number of imide groups is 1. The van der Waals surface area contributed by atoms with Gasteiger partial charge in [-0.05, 0) is 24.5 Å². The molecule has 1 aromatic rings. The van der Waals surface area contributed by atoms with Crippen LogP contribution in [0, 0.1) is 0 Å². The van der Waals surface area contributed by atoms with Crippen LogP contribution in [-0.4, -0.2) is 27.4 Å². The van der Waals surface area contributed by atoms with Crippen molar-refractivity contribution in [3.05, 3.63) is 35.4 Å². The Morgan fingerprint density at radius 3 is 2.71 bits per heavy atom. The van der Waals surface area contributed by atoms with Gasteiger partial charge in [0.2, 0.25) is 0 Å². The predicted octanol–water partition coefficient (Wildman–Crippen LogP) is 1.69. The van der Waals surface area contributed by atoms with Crippen LogP contribution in [0.2, 0.25) is 0 Å². The number of hydrogen-bond acceptors (Lipinski definition) is 3. The van der Waals surface area contributed by atoms with Gasteiger partial charge in [-0.15, -0.1) is 0 Å². The number of rotatable bonds is 3. The molecular formula is C15H17N3O2S. The lowest BCUT2D eigenvalue weighted by Crippen LogP contribution is -2.44. The molecule has 1 saturated carbocycles. The fourth-order valence-electron chi connectivity index (χ4n) is 3.14. The van der Waals surface area contributed by atoms with Crippen LogP contribution in [0.3, 0.4) is 0 Å². The molecule has 1 spiro atoms. The number of thiocarbonyl (C=S) groups is 1. The molecule has 0 radical (unpaired) electrons. The van der Waals surface area contributed by atoms with Crippen molar-refractivity contribution in [3.8, 4) is 0 Å². The van der Waals surface area contributed by atoms with Crippen molar-refractivity contribution >= 4 is 29.1 Å². The van der Waals surface area contributed by atoms with Gasteiger partial charge in [-0.3, -0.25) is 9.69 Å². The molecule has 0 bridgehead atoms. The topological polar surface area (TPSA) is 75.4 Å². The maximum Gasteiger partial charge on any atom is 0.325 e. The molecule has 2 aliphatic rings. The Morgan fingerprint density at radius 2 is 2.05 bits per heavy atom. The highest BCUT2D eigenvalue weighted by atomic mass is 32.1. The molecule has 0 atom stereocenters. The van der Waals surface area contributed by atoms with E-state index in [0.29, 0.717) is 4.99 Å². The standard InChI is InChI=1S/C15H17N3O2S/c16-12(21)11-5-3-4-10(8-11)9-18-13(19)15(17-14(18)20)6-1-2-7-15/h3-5,8H,1-2,6-7,9H2,(H2,16,21)(H,17,20). The highest BCUT2D eigenvalue weighted by Crippen LogP contribution is 2.35. The lowest BCUT2D eigenvalue weighted by Gasteiger charge is -2.20. The second kappa shape index (κ2) is 5.11. The molecule has 21 heavy (non-hydrogen) atoms. The summed E-state index contributed by atoms with van der Waals surface area (Å²) in [6, 6.07) is 7.02. The number of hydrogen-bond donors (Lipinski definition) is 2. The first-order valence-corrected chi connectivity index (χ1v) is 7.45. The molecule has 3 amide bonds. The molecule has 3 N–H and O–H groups in total. The number of amides is 3. The van der Waals surface area contributed by atoms with Crippen LogP contribution in [0.4, 0.5) is 4.79 Å². The van der Waals surface area contributed by atoms with E-state index in [0.717, 1.165) is 36.8 Å². The number of benzene rings is 1. The van der Waals surface area contributed by atoms with Crippen LogP contribution in [0.15, 0.2) is 24.3 Å². The van der Waals surface area contributed by atoms with E-state index in [-0.39, 0.29) is 18.5 Å². The minimum atomic E-state index is -0.655. The van der Waals surface area contributed by atoms with Gasteiger partial charge in [-0.25, -0.2) is 4.79 Å². The fourth-order valence-corrected chi connectivity index (χ4v) is 3.27. The van der Waals surface area contributed by atoms with Gasteiger partial charge >= 0.3 is 6.03 Å². The van der Waals surface area contributed by atoms with Gasteiger partial charge in [0.05, 0.1) is 6.54 Å². The summed E-state index contributed by atoms with van der Waals surface area (Å²) in [5.41, 5.74) is 6.54. The Hall–Kier alpha value is -1.95. The summed E-state index contributed by atoms with van der Waals surface area (Å²) in [6.45, 7) is 0.253. The van der Waals surface area contributed by atoms with Gasteiger partial charge in [-0.2, -0.15) is 0 Å². The Labute approximate surface area is 128 Å². The largest absolute Gasteiger partial charge is 0.389 e. The fraction of sp³-hybridized carbons (Fsp3) is 0.400. The summed E-state index contributed by atoms with van der Waals surface area (Å²) in [7, 11) is 0. The van der Waals surface area contributed by atoms with E-state index in [9.17, 15) is 9.59 Å². The van der Waals surface area contributed by atoms with Crippen LogP contribution in [0.1, 0.15) is 36.8 Å². The number of urea groups is 1. The second-order valence-corrected chi connectivity index (χ2v) is 6.12. The smallest absolute Gasteiger partial charge is 0.325 e. The van der Waals surface area contributed by atoms with Crippen molar-refractivity contribution in [1.29, 1.82) is 0 Å². The molecule has 1 aliphatic carbocycles. The highest BCUT2D eigenvalue weighted by Gasteiger charge is 2.52. The first-order chi connectivity index (χ1) is 10.0. The first kappa shape index (κ1) is 14.0. The van der Waals surface area contributed by atoms with Gasteiger partial charge in [0.1, 0.15) is 10.5 Å². The van der Waals surface area contributed by atoms with E-state index in [1.54, 1.807) is 0 Å². The molecule has 6 heteroatoms. The Morgan fingerprint density at radius 1 is 1.33 bits per heavy atom. The minimum Gasteiger partial charge on any atom is -0.389 e. The van der Waals surface area contributed by atoms with Crippen molar-refractivity contribution in [2.75, 3.05) is 0 Å². The van der Waals surface area contributed by atoms with Gasteiger partial charge in [0, 0.05) is 5.56 Å². The average molecular weight is 303 g/mol. The summed E-state index contributed by atoms with van der Waals surface area (Å²) in [5.74, 6) is -0.106. The van der Waals surface area contributed by atoms with Crippen molar-refractivity contribution < 1.29 is 9.59 Å². The maximum absolute atomic E-state index is 12.6. The molecule has 2 fully saturated rings. The highest BCUT2D eigenvalue weighted by molar-refractivity contribution is 7.80. The third kappa shape index (κ3) is 2.40. The Balaban J connectivity index is 1.82. The lowest BCUT2D eigenvalue weighted by atomic mass is 9.98. The van der Waals surface area contributed by atoms with E-state index >= 15 is 0 Å². The normalized spacial score (nSPS) is 20.1. The Bertz CT molecular complexity index is 623. The van der Waals surface area contributed by atoms with Gasteiger partial charge < -0.3 is 11.1 Å². The van der Waals surface area contributed by atoms with Crippen molar-refractivity contribution in [2.45, 2.75) is 37.8 Å². The molecule has 0 unspecified atom stereocenters. The van der Waals surface area contributed by atoms with Crippen LogP contribution >= 0.6 is 12.2 Å². The predicted molar refractivity (Wildman–Crippen MR) is 82.6 cm³/mol. The van der Waals surface area contributed by atoms with Crippen LogP contribution < -0.4 is 11.1 Å². The summed E-state index contributed by atoms with van der Waals surface area (Å²) in [6.07, 6.45) is 3.44. The lowest BCUT2D eigenvalue weighted by molar-refractivity contribution is -0.131. The zero-order chi connectivity index (χ0) is 15.0. The molecule has 1 aliphatic heterocycles. The number of nitrogens with zero attached hydrogens (tertiary/aromatic N) is 1. The van der Waals surface area contributed by atoms with Crippen LogP contribution in [-0.2, 0) is 11.3 Å². The number of nitrogens with two attached hydrogens (primary N) is 1. The quantitative estimate of drug-likeness (QED) is 0.658. The zero-order valence-corrected chi connectivity index (χ0v) is 12.4. The van der Waals surface area contributed by atoms with Gasteiger partial charge in [0.25, 0.3) is 5.91 Å². The first-order valence-electron chi connectivity index (χ1n) is 7.05. The summed E-state index contributed by atoms with van der Waals surface area (Å²) in [4.78, 5) is 26.3. The zero-order valence-electron chi connectivity index (χ0n) is 11.6. The number of nitrogens with one attached hydrogen (secondary N) is 1. The number of carbonyl (C=O) groups is 2. The van der Waals surface area contributed by atoms with Crippen molar-refractivity contribution in [3.63, 3.8) is 0 Å². The van der Waals surface area contributed by atoms with Gasteiger partial charge in [-0.1, -0.05) is 43.3 Å². The molecular weight excluding hydrogens is 286 g/mol. The third-order valence-corrected chi connectivity index (χ3v) is 4.49. The molecule has 1 aromatic carbocycles. The van der Waals surface area contributed by atoms with E-state index in [2.05, 4.69) is 5.32 Å². The molecule has 0 aromatic heterocycles. The van der Waals surface area contributed by atoms with Crippen molar-refractivity contribution in [1.82, 2.24) is 10.2 Å². The Kier molecular flexibility index (Phi) is 3.41. The molecule has 1 heterocycles. The van der Waals surface area contributed by atoms with Crippen LogP contribution in [0.25, 0.3) is 0 Å². The number of carbonyl (C=O) groups excluding carboxylic acids is 2. The van der Waals surface area contributed by atoms with E-state index < -0.39 is 5.54 Å². The monoisotopic (exact) mass is 303 g/mol. The maximum atomic E-state index is 12.6. The third-order valence-electron chi connectivity index (χ3n) is 4.26. The summed E-state index contributed by atoms with van der Waals surface area (Å²) < 4.78 is 0. The van der Waals surface area contributed by atoms with Crippen molar-refractivity contribution in [2.24, 2.45) is 5.73 Å². The second-order valence-electron chi connectivity index (χ2n) is 5.68. The summed E-state index contributed by atoms with van der Waals surface area (Å²) in [5, 5.41) is 2.87. The van der Waals surface area contributed by atoms with E-state index in [1.165, 1.54) is 4.90 Å². The average Bonchev–Trinajstić information content (AvgIpc) is 3.01. The SMILES string of the molecule is NC(=S)c1cccc(CN2C(=O)NC3(CCCC3)C2=O)c1. The molecule has 110 valence electrons. The molecule has 3 rings (SSSR count). The minimum absolute atomic E-state index is 0.106. The summed E-state index contributed by atoms with van der Waals surface area (Å²) >= 11 is 4.95.